The Morgan fingerprint density at radius 2 is 1.89 bits per heavy atom. The number of ether oxygens (including phenoxy) is 3. The Morgan fingerprint density at radius 1 is 1.26 bits per heavy atom. The van der Waals surface area contributed by atoms with Gasteiger partial charge in [0.15, 0.2) is 11.5 Å². The lowest BCUT2D eigenvalue weighted by atomic mass is 9.95. The number of allylic oxidation sites excluding steroid dienone is 1. The van der Waals surface area contributed by atoms with E-state index in [-0.39, 0.29) is 29.4 Å². The quantitative estimate of drug-likeness (QED) is 0.457. The molecular weight excluding hydrogens is 372 g/mol. The van der Waals surface area contributed by atoms with Gasteiger partial charge in [0, 0.05) is 11.4 Å². The van der Waals surface area contributed by atoms with Gasteiger partial charge in [0.1, 0.15) is 6.61 Å². The largest absolute Gasteiger partial charge is 0.502 e. The maximum absolute atomic E-state index is 12.6. The second-order valence-corrected chi connectivity index (χ2v) is 7.07. The van der Waals surface area contributed by atoms with Crippen LogP contribution in [0.5, 0.6) is 17.2 Å². The van der Waals surface area contributed by atoms with Crippen LogP contribution in [0.2, 0.25) is 0 Å². The summed E-state index contributed by atoms with van der Waals surface area (Å²) in [6.07, 6.45) is 0. The van der Waals surface area contributed by atoms with Gasteiger partial charge in [-0.15, -0.1) is 0 Å². The van der Waals surface area contributed by atoms with Crippen molar-refractivity contribution in [1.82, 2.24) is 10.6 Å². The predicted octanol–water partition coefficient (Wildman–Crippen LogP) is 2.33. The Bertz CT molecular complexity index is 724. The zero-order chi connectivity index (χ0) is 20.0. The first-order valence-corrected chi connectivity index (χ1v) is 9.56. The molecule has 1 heterocycles. The number of phenolic OH excluding ortho intramolecular Hbond substituents is 1. The second kappa shape index (κ2) is 9.40. The molecular formula is C18H24N2O6S. The smallest absolute Gasteiger partial charge is 0.338 e. The number of carbonyl (C=O) groups excluding carboxylic acids is 2. The Balaban J connectivity index is 2.39. The fourth-order valence-corrected chi connectivity index (χ4v) is 3.20. The number of nitrogens with one attached hydrogen (secondary N) is 2. The fourth-order valence-electron chi connectivity index (χ4n) is 2.71. The summed E-state index contributed by atoms with van der Waals surface area (Å²) in [7, 11) is 2.81. The lowest BCUT2D eigenvalue weighted by Crippen LogP contribution is -2.45. The summed E-state index contributed by atoms with van der Waals surface area (Å²) in [6.45, 7) is 3.94. The van der Waals surface area contributed by atoms with Gasteiger partial charge in [-0.2, -0.15) is 11.8 Å². The van der Waals surface area contributed by atoms with Crippen molar-refractivity contribution >= 4 is 23.8 Å². The van der Waals surface area contributed by atoms with Gasteiger partial charge in [-0.1, -0.05) is 6.92 Å². The van der Waals surface area contributed by atoms with Gasteiger partial charge in [0.2, 0.25) is 5.75 Å². The molecule has 1 atom stereocenters. The minimum absolute atomic E-state index is 0.162. The molecule has 0 saturated carbocycles. The zero-order valence-corrected chi connectivity index (χ0v) is 16.6. The van der Waals surface area contributed by atoms with Crippen molar-refractivity contribution in [3.63, 3.8) is 0 Å². The molecule has 0 aromatic heterocycles. The number of hydrogen-bond acceptors (Lipinski definition) is 7. The minimum atomic E-state index is -0.770. The highest BCUT2D eigenvalue weighted by Crippen LogP contribution is 2.40. The van der Waals surface area contributed by atoms with Gasteiger partial charge in [0.05, 0.1) is 25.8 Å². The van der Waals surface area contributed by atoms with Crippen molar-refractivity contribution in [2.24, 2.45) is 0 Å². The number of urea groups is 1. The molecule has 8 nitrogen and oxygen atoms in total. The number of thioether (sulfide) groups is 1. The molecule has 148 valence electrons. The van der Waals surface area contributed by atoms with Crippen LogP contribution in [0.4, 0.5) is 4.79 Å². The standard InChI is InChI=1S/C18H24N2O6S/c1-5-27-7-6-26-17(22)14-10(2)19-18(23)20-15(14)11-8-12(24-3)16(21)13(9-11)25-4/h8-9,15,21H,5-7H2,1-4H3,(H2,19,20,23)/t15-/m0/s1. The molecule has 0 radical (unpaired) electrons. The minimum Gasteiger partial charge on any atom is -0.502 e. The van der Waals surface area contributed by atoms with Gasteiger partial charge in [-0.25, -0.2) is 9.59 Å². The number of amides is 2. The topological polar surface area (TPSA) is 106 Å². The third kappa shape index (κ3) is 4.79. The number of phenols is 1. The highest BCUT2D eigenvalue weighted by molar-refractivity contribution is 7.99. The Hall–Kier alpha value is -2.55. The Kier molecular flexibility index (Phi) is 7.23. The van der Waals surface area contributed by atoms with Crippen LogP contribution in [-0.4, -0.2) is 49.4 Å². The summed E-state index contributed by atoms with van der Waals surface area (Å²) in [5, 5.41) is 15.4. The predicted molar refractivity (Wildman–Crippen MR) is 102 cm³/mol. The molecule has 2 rings (SSSR count). The highest BCUT2D eigenvalue weighted by Gasteiger charge is 2.33. The van der Waals surface area contributed by atoms with Crippen molar-refractivity contribution in [3.05, 3.63) is 29.0 Å². The van der Waals surface area contributed by atoms with Crippen molar-refractivity contribution in [2.45, 2.75) is 19.9 Å². The van der Waals surface area contributed by atoms with E-state index in [9.17, 15) is 14.7 Å². The van der Waals surface area contributed by atoms with Crippen molar-refractivity contribution in [2.75, 3.05) is 32.3 Å². The summed E-state index contributed by atoms with van der Waals surface area (Å²) in [6, 6.07) is 1.87. The van der Waals surface area contributed by atoms with E-state index in [1.807, 2.05) is 6.92 Å². The van der Waals surface area contributed by atoms with Crippen LogP contribution < -0.4 is 20.1 Å². The molecule has 0 spiro atoms. The number of methoxy groups -OCH3 is 2. The highest BCUT2D eigenvalue weighted by atomic mass is 32.2. The number of esters is 1. The summed E-state index contributed by atoms with van der Waals surface area (Å²) in [5.74, 6) is 1.29. The molecule has 0 bridgehead atoms. The summed E-state index contributed by atoms with van der Waals surface area (Å²) in [5.41, 5.74) is 1.21. The molecule has 1 aliphatic heterocycles. The van der Waals surface area contributed by atoms with E-state index in [0.29, 0.717) is 17.0 Å². The molecule has 0 fully saturated rings. The van der Waals surface area contributed by atoms with Gasteiger partial charge >= 0.3 is 12.0 Å². The molecule has 2 amide bonds. The van der Waals surface area contributed by atoms with E-state index in [0.717, 1.165) is 5.75 Å². The van der Waals surface area contributed by atoms with Gasteiger partial charge in [-0.05, 0) is 30.4 Å². The van der Waals surface area contributed by atoms with Crippen LogP contribution in [0.1, 0.15) is 25.5 Å². The average molecular weight is 396 g/mol. The number of rotatable bonds is 8. The molecule has 1 aromatic carbocycles. The van der Waals surface area contributed by atoms with Crippen LogP contribution in [0.15, 0.2) is 23.4 Å². The second-order valence-electron chi connectivity index (χ2n) is 5.68. The van der Waals surface area contributed by atoms with Crippen LogP contribution >= 0.6 is 11.8 Å². The molecule has 0 aliphatic carbocycles. The summed E-state index contributed by atoms with van der Waals surface area (Å²) in [4.78, 5) is 24.6. The number of aromatic hydroxyl groups is 1. The van der Waals surface area contributed by atoms with Crippen molar-refractivity contribution in [1.29, 1.82) is 0 Å². The summed E-state index contributed by atoms with van der Waals surface area (Å²) >= 11 is 1.67. The first-order valence-electron chi connectivity index (χ1n) is 8.40. The molecule has 1 aromatic rings. The molecule has 3 N–H and O–H groups in total. The van der Waals surface area contributed by atoms with Gasteiger partial charge in [0.25, 0.3) is 0 Å². The van der Waals surface area contributed by atoms with E-state index in [1.165, 1.54) is 14.2 Å². The molecule has 1 aliphatic rings. The molecule has 0 unspecified atom stereocenters. The van der Waals surface area contributed by atoms with E-state index in [4.69, 9.17) is 14.2 Å². The Morgan fingerprint density at radius 3 is 2.44 bits per heavy atom. The van der Waals surface area contributed by atoms with Crippen molar-refractivity contribution < 1.29 is 28.9 Å². The number of benzene rings is 1. The fraction of sp³-hybridized carbons (Fsp3) is 0.444. The van der Waals surface area contributed by atoms with Crippen LogP contribution in [0, 0.1) is 0 Å². The first kappa shape index (κ1) is 20.8. The number of carbonyl (C=O) groups is 2. The van der Waals surface area contributed by atoms with Gasteiger partial charge < -0.3 is 30.0 Å². The maximum Gasteiger partial charge on any atom is 0.338 e. The first-order chi connectivity index (χ1) is 12.9. The molecule has 0 saturated heterocycles. The lowest BCUT2D eigenvalue weighted by molar-refractivity contribution is -0.138. The van der Waals surface area contributed by atoms with Gasteiger partial charge in [-0.3, -0.25) is 0 Å². The third-order valence-corrected chi connectivity index (χ3v) is 4.85. The molecule has 9 heteroatoms. The summed E-state index contributed by atoms with van der Waals surface area (Å²) < 4.78 is 15.7. The molecule has 27 heavy (non-hydrogen) atoms. The third-order valence-electron chi connectivity index (χ3n) is 3.99. The SMILES string of the molecule is CCSCCOC(=O)C1=C(C)NC(=O)N[C@H]1c1cc(OC)c(O)c(OC)c1. The van der Waals surface area contributed by atoms with E-state index < -0.39 is 18.0 Å². The van der Waals surface area contributed by atoms with E-state index in [2.05, 4.69) is 10.6 Å². The maximum atomic E-state index is 12.6. The van der Waals surface area contributed by atoms with Crippen LogP contribution in [0.3, 0.4) is 0 Å². The zero-order valence-electron chi connectivity index (χ0n) is 15.8. The number of hydrogen-bond donors (Lipinski definition) is 3. The monoisotopic (exact) mass is 396 g/mol. The average Bonchev–Trinajstić information content (AvgIpc) is 2.64. The van der Waals surface area contributed by atoms with E-state index in [1.54, 1.807) is 30.8 Å². The van der Waals surface area contributed by atoms with E-state index >= 15 is 0 Å². The van der Waals surface area contributed by atoms with Crippen molar-refractivity contribution in [3.8, 4) is 17.2 Å². The van der Waals surface area contributed by atoms with Crippen LogP contribution in [0.25, 0.3) is 0 Å². The lowest BCUT2D eigenvalue weighted by Gasteiger charge is -2.28. The Labute approximate surface area is 162 Å². The van der Waals surface area contributed by atoms with Crippen LogP contribution in [-0.2, 0) is 9.53 Å². The normalized spacial score (nSPS) is 16.4.